The third kappa shape index (κ3) is 9.27. The van der Waals surface area contributed by atoms with Crippen LogP contribution in [0.3, 0.4) is 0 Å². The van der Waals surface area contributed by atoms with Crippen LogP contribution in [0, 0.1) is 5.92 Å². The molecule has 5 N–H and O–H groups in total. The van der Waals surface area contributed by atoms with Crippen molar-refractivity contribution in [1.29, 1.82) is 0 Å². The maximum Gasteiger partial charge on any atom is 0.408 e. The first kappa shape index (κ1) is 32.1. The number of nitrogens with two attached hydrogens (primary N) is 1. The van der Waals surface area contributed by atoms with Crippen LogP contribution in [0.25, 0.3) is 0 Å². The summed E-state index contributed by atoms with van der Waals surface area (Å²) in [6, 6.07) is 4.94. The van der Waals surface area contributed by atoms with E-state index in [4.69, 9.17) is 20.3 Å². The van der Waals surface area contributed by atoms with Crippen LogP contribution < -0.4 is 21.1 Å². The van der Waals surface area contributed by atoms with Crippen LogP contribution in [-0.2, 0) is 18.4 Å². The SMILES string of the molecule is COc1ccc(C2([C@H](C)CCCC(=O)O)SCCCS2)c(C(N)C(C)NC(=O)CNC(=O)OC(C)(C)C)c1. The van der Waals surface area contributed by atoms with Gasteiger partial charge in [0.25, 0.3) is 0 Å². The number of thioether (sulfide) groups is 2. The van der Waals surface area contributed by atoms with Crippen molar-refractivity contribution in [2.45, 2.75) is 82.1 Å². The van der Waals surface area contributed by atoms with Gasteiger partial charge in [-0.2, -0.15) is 0 Å². The predicted molar refractivity (Wildman–Crippen MR) is 154 cm³/mol. The molecular formula is C27H43N3O6S2. The number of hydrogen-bond donors (Lipinski definition) is 4. The molecule has 2 unspecified atom stereocenters. The first-order valence-electron chi connectivity index (χ1n) is 13.0. The molecule has 1 heterocycles. The van der Waals surface area contributed by atoms with Gasteiger partial charge in [-0.1, -0.05) is 13.0 Å². The molecule has 1 fully saturated rings. The first-order valence-corrected chi connectivity index (χ1v) is 15.0. The number of carboxylic acid groups (broad SMARTS) is 1. The van der Waals surface area contributed by atoms with Crippen molar-refractivity contribution in [3.05, 3.63) is 29.3 Å². The largest absolute Gasteiger partial charge is 0.497 e. The highest BCUT2D eigenvalue weighted by molar-refractivity contribution is 8.18. The zero-order valence-corrected chi connectivity index (χ0v) is 24.9. The third-order valence-corrected chi connectivity index (χ3v) is 10.1. The summed E-state index contributed by atoms with van der Waals surface area (Å²) in [4.78, 5) is 35.6. The Balaban J connectivity index is 2.26. The molecule has 1 aromatic carbocycles. The molecule has 0 saturated carbocycles. The Morgan fingerprint density at radius 1 is 1.18 bits per heavy atom. The lowest BCUT2D eigenvalue weighted by Crippen LogP contribution is -2.46. The minimum absolute atomic E-state index is 0.144. The van der Waals surface area contributed by atoms with Crippen LogP contribution in [0.4, 0.5) is 4.79 Å². The number of rotatable bonds is 12. The van der Waals surface area contributed by atoms with E-state index in [2.05, 4.69) is 23.6 Å². The Kier molecular flexibility index (Phi) is 12.1. The molecule has 38 heavy (non-hydrogen) atoms. The average Bonchev–Trinajstić information content (AvgIpc) is 2.85. The minimum atomic E-state index is -0.784. The number of carboxylic acids is 1. The summed E-state index contributed by atoms with van der Waals surface area (Å²) in [7, 11) is 1.60. The van der Waals surface area contributed by atoms with E-state index in [1.807, 2.05) is 42.6 Å². The number of methoxy groups -OCH3 is 1. The predicted octanol–water partition coefficient (Wildman–Crippen LogP) is 4.64. The molecule has 11 heteroatoms. The van der Waals surface area contributed by atoms with E-state index < -0.39 is 29.7 Å². The maximum absolute atomic E-state index is 12.6. The maximum atomic E-state index is 12.6. The van der Waals surface area contributed by atoms with Crippen LogP contribution in [0.5, 0.6) is 5.75 Å². The number of carbonyl (C=O) groups excluding carboxylic acids is 2. The van der Waals surface area contributed by atoms with Gasteiger partial charge in [-0.3, -0.25) is 9.59 Å². The summed E-state index contributed by atoms with van der Waals surface area (Å²) in [5.41, 5.74) is 8.08. The second-order valence-electron chi connectivity index (χ2n) is 10.6. The number of carbonyl (C=O) groups is 3. The second kappa shape index (κ2) is 14.3. The van der Waals surface area contributed by atoms with Crippen LogP contribution in [0.1, 0.15) is 77.5 Å². The van der Waals surface area contributed by atoms with Crippen molar-refractivity contribution in [2.24, 2.45) is 11.7 Å². The van der Waals surface area contributed by atoms with Gasteiger partial charge >= 0.3 is 12.1 Å². The van der Waals surface area contributed by atoms with Gasteiger partial charge in [-0.25, -0.2) is 4.79 Å². The van der Waals surface area contributed by atoms with Gasteiger partial charge in [0.2, 0.25) is 5.91 Å². The fraction of sp³-hybridized carbons (Fsp3) is 0.667. The molecule has 214 valence electrons. The highest BCUT2D eigenvalue weighted by Crippen LogP contribution is 2.58. The van der Waals surface area contributed by atoms with E-state index in [1.54, 1.807) is 27.9 Å². The lowest BCUT2D eigenvalue weighted by molar-refractivity contribution is -0.137. The molecule has 0 aromatic heterocycles. The van der Waals surface area contributed by atoms with E-state index in [0.717, 1.165) is 35.5 Å². The van der Waals surface area contributed by atoms with Crippen molar-refractivity contribution in [2.75, 3.05) is 25.2 Å². The third-order valence-electron chi connectivity index (χ3n) is 6.31. The molecule has 0 aliphatic carbocycles. The average molecular weight is 570 g/mol. The molecule has 9 nitrogen and oxygen atoms in total. The lowest BCUT2D eigenvalue weighted by Gasteiger charge is -2.43. The van der Waals surface area contributed by atoms with Crippen molar-refractivity contribution in [1.82, 2.24) is 10.6 Å². The van der Waals surface area contributed by atoms with E-state index in [1.165, 1.54) is 0 Å². The first-order chi connectivity index (χ1) is 17.8. The summed E-state index contributed by atoms with van der Waals surface area (Å²) in [5, 5.41) is 14.5. The highest BCUT2D eigenvalue weighted by Gasteiger charge is 2.43. The van der Waals surface area contributed by atoms with Crippen molar-refractivity contribution in [3.63, 3.8) is 0 Å². The molecule has 0 bridgehead atoms. The Morgan fingerprint density at radius 3 is 2.42 bits per heavy atom. The molecule has 1 aromatic rings. The standard InChI is InChI=1S/C27H43N3O6S2/c1-17(9-7-10-23(32)33)27(37-13-8-14-38-27)21-12-11-19(35-6)15-20(21)24(28)18(2)30-22(31)16-29-25(34)36-26(3,4)5/h11-12,15,17-18,24H,7-10,13-14,16,28H2,1-6H3,(H,29,34)(H,30,31)(H,32,33)/t17-,18?,24?/m1/s1. The minimum Gasteiger partial charge on any atom is -0.497 e. The van der Waals surface area contributed by atoms with Gasteiger partial charge in [0.05, 0.1) is 17.2 Å². The fourth-order valence-corrected chi connectivity index (χ4v) is 8.08. The molecule has 0 radical (unpaired) electrons. The zero-order valence-electron chi connectivity index (χ0n) is 23.3. The number of nitrogens with one attached hydrogen (secondary N) is 2. The number of benzene rings is 1. The van der Waals surface area contributed by atoms with Gasteiger partial charge in [0.1, 0.15) is 17.9 Å². The van der Waals surface area contributed by atoms with Crippen LogP contribution >= 0.6 is 23.5 Å². The molecule has 2 rings (SSSR count). The molecule has 1 saturated heterocycles. The topological polar surface area (TPSA) is 140 Å². The Labute approximate surface area is 234 Å². The molecule has 0 spiro atoms. The number of alkyl carbamates (subject to hydrolysis) is 1. The Morgan fingerprint density at radius 2 is 1.84 bits per heavy atom. The molecule has 1 aliphatic rings. The van der Waals surface area contributed by atoms with E-state index in [0.29, 0.717) is 12.2 Å². The van der Waals surface area contributed by atoms with Crippen molar-refractivity contribution >= 4 is 41.5 Å². The quantitative estimate of drug-likeness (QED) is 0.283. The molecule has 2 amide bonds. The van der Waals surface area contributed by atoms with Gasteiger partial charge < -0.3 is 30.9 Å². The lowest BCUT2D eigenvalue weighted by atomic mass is 9.87. The molecule has 3 atom stereocenters. The van der Waals surface area contributed by atoms with Crippen LogP contribution in [0.2, 0.25) is 0 Å². The number of amides is 2. The molecule has 1 aliphatic heterocycles. The van der Waals surface area contributed by atoms with E-state index in [9.17, 15) is 14.4 Å². The fourth-order valence-electron chi connectivity index (χ4n) is 4.39. The van der Waals surface area contributed by atoms with E-state index >= 15 is 0 Å². The van der Waals surface area contributed by atoms with E-state index in [-0.39, 0.29) is 28.9 Å². The van der Waals surface area contributed by atoms with Crippen molar-refractivity contribution < 1.29 is 29.0 Å². The zero-order chi connectivity index (χ0) is 28.5. The van der Waals surface area contributed by atoms with Crippen LogP contribution in [-0.4, -0.2) is 59.9 Å². The normalized spacial score (nSPS) is 17.6. The summed E-state index contributed by atoms with van der Waals surface area (Å²) < 4.78 is 10.4. The Hall–Kier alpha value is -2.11. The summed E-state index contributed by atoms with van der Waals surface area (Å²) in [6.07, 6.45) is 1.97. The van der Waals surface area contributed by atoms with Gasteiger partial charge in [0, 0.05) is 12.5 Å². The Bertz CT molecular complexity index is 963. The van der Waals surface area contributed by atoms with Crippen molar-refractivity contribution in [3.8, 4) is 5.75 Å². The smallest absolute Gasteiger partial charge is 0.408 e. The number of hydrogen-bond acceptors (Lipinski definition) is 8. The summed E-state index contributed by atoms with van der Waals surface area (Å²) >= 11 is 3.77. The second-order valence-corrected chi connectivity index (χ2v) is 13.5. The van der Waals surface area contributed by atoms with Gasteiger partial charge in [-0.05, 0) is 87.6 Å². The molecular weight excluding hydrogens is 526 g/mol. The summed E-state index contributed by atoms with van der Waals surface area (Å²) in [5.74, 6) is 1.71. The van der Waals surface area contributed by atoms with Gasteiger partial charge in [-0.15, -0.1) is 23.5 Å². The highest BCUT2D eigenvalue weighted by atomic mass is 32.2. The monoisotopic (exact) mass is 569 g/mol. The van der Waals surface area contributed by atoms with Gasteiger partial charge in [0.15, 0.2) is 0 Å². The van der Waals surface area contributed by atoms with Crippen LogP contribution in [0.15, 0.2) is 18.2 Å². The number of aliphatic carboxylic acids is 1. The number of ether oxygens (including phenoxy) is 2. The summed E-state index contributed by atoms with van der Waals surface area (Å²) in [6.45, 7) is 9.04.